The monoisotopic (exact) mass is 530 g/mol. The summed E-state index contributed by atoms with van der Waals surface area (Å²) >= 11 is 15.2. The van der Waals surface area contributed by atoms with Crippen LogP contribution in [0.1, 0.15) is 29.8 Å². The molecule has 0 spiro atoms. The molecule has 32 heavy (non-hydrogen) atoms. The second-order valence-corrected chi connectivity index (χ2v) is 12.5. The van der Waals surface area contributed by atoms with Crippen LogP contribution in [0.2, 0.25) is 10.0 Å². The summed E-state index contributed by atoms with van der Waals surface area (Å²) in [5, 5.41) is 12.0. The van der Waals surface area contributed by atoms with E-state index in [-0.39, 0.29) is 28.2 Å². The minimum Gasteiger partial charge on any atom is -0.296 e. The Balaban J connectivity index is 1.74. The molecule has 3 rings (SSSR count). The van der Waals surface area contributed by atoms with Crippen LogP contribution in [0.4, 0.5) is 10.8 Å². The molecular weight excluding hydrogens is 511 g/mol. The van der Waals surface area contributed by atoms with Crippen molar-refractivity contribution in [3.05, 3.63) is 63.6 Å². The summed E-state index contributed by atoms with van der Waals surface area (Å²) in [5.41, 5.74) is 1.37. The second kappa shape index (κ2) is 10.4. The zero-order valence-corrected chi connectivity index (χ0v) is 21.3. The Hall–Kier alpha value is -1.85. The van der Waals surface area contributed by atoms with E-state index in [0.717, 1.165) is 10.6 Å². The molecule has 7 nitrogen and oxygen atoms in total. The maximum Gasteiger partial charge on any atom is 0.257 e. The maximum absolute atomic E-state index is 12.5. The van der Waals surface area contributed by atoms with Crippen LogP contribution in [0, 0.1) is 0 Å². The number of aromatic nitrogens is 2. The van der Waals surface area contributed by atoms with Gasteiger partial charge in [0.2, 0.25) is 15.2 Å². The highest BCUT2D eigenvalue weighted by Gasteiger charge is 2.22. The number of anilines is 2. The Morgan fingerprint density at radius 1 is 1.16 bits per heavy atom. The van der Waals surface area contributed by atoms with Crippen LogP contribution in [0.5, 0.6) is 0 Å². The predicted octanol–water partition coefficient (Wildman–Crippen LogP) is 5.56. The first-order chi connectivity index (χ1) is 15.0. The smallest absolute Gasteiger partial charge is 0.257 e. The van der Waals surface area contributed by atoms with Gasteiger partial charge in [0.15, 0.2) is 4.34 Å². The first-order valence-electron chi connectivity index (χ1n) is 9.37. The molecule has 0 unspecified atom stereocenters. The topological polar surface area (TPSA) is 92.3 Å². The molecule has 1 heterocycles. The first kappa shape index (κ1) is 24.8. The molecule has 0 aliphatic carbocycles. The van der Waals surface area contributed by atoms with Crippen LogP contribution in [-0.4, -0.2) is 36.0 Å². The molecule has 1 aromatic heterocycles. The van der Waals surface area contributed by atoms with Crippen molar-refractivity contribution in [3.8, 4) is 0 Å². The number of carbonyl (C=O) groups is 1. The van der Waals surface area contributed by atoms with Gasteiger partial charge in [-0.15, -0.1) is 10.2 Å². The molecule has 1 amide bonds. The highest BCUT2D eigenvalue weighted by atomic mass is 35.5. The van der Waals surface area contributed by atoms with Crippen molar-refractivity contribution in [1.29, 1.82) is 0 Å². The van der Waals surface area contributed by atoms with Crippen molar-refractivity contribution < 1.29 is 13.2 Å². The Kier molecular flexibility index (Phi) is 8.05. The summed E-state index contributed by atoms with van der Waals surface area (Å²) in [5.74, 6) is -0.327. The van der Waals surface area contributed by atoms with E-state index in [1.54, 1.807) is 54.2 Å². The van der Waals surface area contributed by atoms with Crippen LogP contribution in [0.3, 0.4) is 0 Å². The fourth-order valence-electron chi connectivity index (χ4n) is 2.67. The Bertz CT molecular complexity index is 1220. The zero-order valence-electron chi connectivity index (χ0n) is 17.4. The Labute approximate surface area is 205 Å². The highest BCUT2D eigenvalue weighted by molar-refractivity contribution is 8.01. The van der Waals surface area contributed by atoms with Gasteiger partial charge < -0.3 is 0 Å². The van der Waals surface area contributed by atoms with Crippen molar-refractivity contribution in [2.75, 3.05) is 15.9 Å². The lowest BCUT2D eigenvalue weighted by Crippen LogP contribution is -2.29. The zero-order chi connectivity index (χ0) is 23.5. The molecule has 0 aliphatic heterocycles. The molecule has 0 atom stereocenters. The molecular formula is C20H20Cl2N4O3S3. The molecule has 170 valence electrons. The summed E-state index contributed by atoms with van der Waals surface area (Å²) in [7, 11) is -3.63. The molecule has 0 bridgehead atoms. The first-order valence-corrected chi connectivity index (χ1v) is 13.7. The van der Waals surface area contributed by atoms with Crippen LogP contribution in [0.25, 0.3) is 0 Å². The van der Waals surface area contributed by atoms with Crippen molar-refractivity contribution in [2.24, 2.45) is 0 Å². The molecule has 0 saturated heterocycles. The van der Waals surface area contributed by atoms with E-state index < -0.39 is 10.0 Å². The highest BCUT2D eigenvalue weighted by Crippen LogP contribution is 2.34. The van der Waals surface area contributed by atoms with E-state index in [9.17, 15) is 13.2 Å². The van der Waals surface area contributed by atoms with Crippen LogP contribution in [-0.2, 0) is 16.6 Å². The van der Waals surface area contributed by atoms with E-state index in [2.05, 4.69) is 29.4 Å². The van der Waals surface area contributed by atoms with Gasteiger partial charge in [0, 0.05) is 10.8 Å². The number of benzene rings is 2. The van der Waals surface area contributed by atoms with E-state index in [4.69, 9.17) is 23.2 Å². The summed E-state index contributed by atoms with van der Waals surface area (Å²) in [6.45, 7) is 4.14. The van der Waals surface area contributed by atoms with Gasteiger partial charge in [-0.2, -0.15) is 0 Å². The van der Waals surface area contributed by atoms with Gasteiger partial charge in [0.05, 0.1) is 28.5 Å². The largest absolute Gasteiger partial charge is 0.296 e. The van der Waals surface area contributed by atoms with Crippen molar-refractivity contribution in [1.82, 2.24) is 10.2 Å². The summed E-state index contributed by atoms with van der Waals surface area (Å²) in [6.07, 6.45) is 1.10. The van der Waals surface area contributed by atoms with Crippen LogP contribution >= 0.6 is 46.3 Å². The third-order valence-corrected chi connectivity index (χ3v) is 7.97. The third-order valence-electron chi connectivity index (χ3n) is 4.11. The Morgan fingerprint density at radius 2 is 1.84 bits per heavy atom. The minimum absolute atomic E-state index is 0.0347. The quantitative estimate of drug-likeness (QED) is 0.302. The average molecular weight is 532 g/mol. The number of nitrogens with one attached hydrogen (secondary N) is 1. The van der Waals surface area contributed by atoms with Crippen LogP contribution in [0.15, 0.2) is 46.8 Å². The number of halogens is 2. The maximum atomic E-state index is 12.5. The molecule has 1 N–H and O–H groups in total. The van der Waals surface area contributed by atoms with Crippen LogP contribution < -0.4 is 9.62 Å². The summed E-state index contributed by atoms with van der Waals surface area (Å²) in [6, 6.07) is 11.4. The number of rotatable bonds is 8. The normalized spacial score (nSPS) is 11.6. The van der Waals surface area contributed by atoms with Gasteiger partial charge in [0.1, 0.15) is 0 Å². The van der Waals surface area contributed by atoms with Gasteiger partial charge in [-0.05, 0) is 29.8 Å². The van der Waals surface area contributed by atoms with E-state index in [1.807, 2.05) is 0 Å². The van der Waals surface area contributed by atoms with Crippen molar-refractivity contribution in [2.45, 2.75) is 30.0 Å². The van der Waals surface area contributed by atoms with E-state index >= 15 is 0 Å². The standard InChI is InChI=1S/C20H20Cl2N4O3S3/c1-12(2)30-20-25-24-19(31-20)23-18(27)14-9-7-13(8-10-14)11-26(32(3,28)29)16-6-4-5-15(21)17(16)22/h4-10,12H,11H2,1-3H3,(H,23,24,27). The molecule has 2 aromatic carbocycles. The molecule has 12 heteroatoms. The molecule has 0 fully saturated rings. The molecule has 0 aliphatic rings. The SMILES string of the molecule is CC(C)Sc1nnc(NC(=O)c2ccc(CN(c3cccc(Cl)c3Cl)S(C)(=O)=O)cc2)s1. The summed E-state index contributed by atoms with van der Waals surface area (Å²) in [4.78, 5) is 12.5. The van der Waals surface area contributed by atoms with Crippen molar-refractivity contribution >= 4 is 73.0 Å². The lowest BCUT2D eigenvalue weighted by Gasteiger charge is -2.24. The molecule has 3 aromatic rings. The minimum atomic E-state index is -3.63. The van der Waals surface area contributed by atoms with E-state index in [0.29, 0.717) is 21.5 Å². The number of carbonyl (C=O) groups excluding carboxylic acids is 1. The number of sulfonamides is 1. The van der Waals surface area contributed by atoms with Crippen molar-refractivity contribution in [3.63, 3.8) is 0 Å². The number of amides is 1. The number of thioether (sulfide) groups is 1. The number of hydrogen-bond donors (Lipinski definition) is 1. The fourth-order valence-corrected chi connectivity index (χ4v) is 5.98. The lowest BCUT2D eigenvalue weighted by molar-refractivity contribution is 0.102. The Morgan fingerprint density at radius 3 is 2.47 bits per heavy atom. The summed E-state index contributed by atoms with van der Waals surface area (Å²) < 4.78 is 26.7. The fraction of sp³-hybridized carbons (Fsp3) is 0.250. The second-order valence-electron chi connectivity index (χ2n) is 7.03. The van der Waals surface area contributed by atoms with Gasteiger partial charge in [0.25, 0.3) is 5.91 Å². The van der Waals surface area contributed by atoms with E-state index in [1.165, 1.54) is 15.6 Å². The van der Waals surface area contributed by atoms with Gasteiger partial charge in [-0.1, -0.05) is 78.3 Å². The third kappa shape index (κ3) is 6.35. The van der Waals surface area contributed by atoms with Gasteiger partial charge >= 0.3 is 0 Å². The number of nitrogens with zero attached hydrogens (tertiary/aromatic N) is 3. The van der Waals surface area contributed by atoms with Gasteiger partial charge in [-0.3, -0.25) is 14.4 Å². The molecule has 0 saturated carbocycles. The number of hydrogen-bond acceptors (Lipinski definition) is 7. The molecule has 0 radical (unpaired) electrons. The lowest BCUT2D eigenvalue weighted by atomic mass is 10.1. The average Bonchev–Trinajstić information content (AvgIpc) is 3.14. The predicted molar refractivity (Wildman–Crippen MR) is 133 cm³/mol. The van der Waals surface area contributed by atoms with Gasteiger partial charge in [-0.25, -0.2) is 8.42 Å².